The van der Waals surface area contributed by atoms with Gasteiger partial charge in [0.15, 0.2) is 0 Å². The normalized spacial score (nSPS) is 40.9. The fraction of sp³-hybridized carbons (Fsp3) is 0.786. The number of rotatable bonds is 1. The molecule has 3 heteroatoms. The SMILES string of the molecule is C[C@H]1OC(=O)C2C[C@@H]3CCCCC3=C(CO)[C@@H]21. The lowest BCUT2D eigenvalue weighted by Crippen LogP contribution is -2.33. The average molecular weight is 236 g/mol. The largest absolute Gasteiger partial charge is 0.462 e. The van der Waals surface area contributed by atoms with Gasteiger partial charge in [-0.3, -0.25) is 4.79 Å². The van der Waals surface area contributed by atoms with Gasteiger partial charge < -0.3 is 9.84 Å². The maximum Gasteiger partial charge on any atom is 0.309 e. The monoisotopic (exact) mass is 236 g/mol. The third-order valence-electron chi connectivity index (χ3n) is 4.81. The van der Waals surface area contributed by atoms with Crippen molar-refractivity contribution in [3.05, 3.63) is 11.1 Å². The summed E-state index contributed by atoms with van der Waals surface area (Å²) in [5.41, 5.74) is 2.58. The first-order chi connectivity index (χ1) is 8.22. The van der Waals surface area contributed by atoms with Crippen LogP contribution in [-0.2, 0) is 9.53 Å². The van der Waals surface area contributed by atoms with Crippen molar-refractivity contribution in [1.82, 2.24) is 0 Å². The molecule has 1 N–H and O–H groups in total. The molecule has 0 bridgehead atoms. The molecule has 3 nitrogen and oxygen atoms in total. The third kappa shape index (κ3) is 1.63. The molecule has 1 saturated carbocycles. The van der Waals surface area contributed by atoms with Gasteiger partial charge in [0.2, 0.25) is 0 Å². The van der Waals surface area contributed by atoms with Crippen molar-refractivity contribution in [2.24, 2.45) is 17.8 Å². The van der Waals surface area contributed by atoms with E-state index in [9.17, 15) is 9.90 Å². The van der Waals surface area contributed by atoms with E-state index in [4.69, 9.17) is 4.74 Å². The van der Waals surface area contributed by atoms with Gasteiger partial charge in [0.25, 0.3) is 0 Å². The molecule has 0 spiro atoms. The zero-order valence-electron chi connectivity index (χ0n) is 10.3. The Morgan fingerprint density at radius 1 is 1.41 bits per heavy atom. The Balaban J connectivity index is 2.01. The van der Waals surface area contributed by atoms with Crippen LogP contribution in [0.25, 0.3) is 0 Å². The molecule has 0 aromatic rings. The average Bonchev–Trinajstić information content (AvgIpc) is 2.62. The van der Waals surface area contributed by atoms with E-state index in [0.717, 1.165) is 18.4 Å². The van der Waals surface area contributed by atoms with E-state index in [1.165, 1.54) is 24.8 Å². The number of allylic oxidation sites excluding steroid dienone is 1. The van der Waals surface area contributed by atoms with E-state index in [0.29, 0.717) is 5.92 Å². The number of carbonyl (C=O) groups is 1. The van der Waals surface area contributed by atoms with E-state index in [1.54, 1.807) is 0 Å². The Morgan fingerprint density at radius 3 is 3.00 bits per heavy atom. The fourth-order valence-electron chi connectivity index (χ4n) is 4.08. The van der Waals surface area contributed by atoms with Crippen LogP contribution in [0.5, 0.6) is 0 Å². The lowest BCUT2D eigenvalue weighted by atomic mass is 9.65. The van der Waals surface area contributed by atoms with Gasteiger partial charge in [-0.15, -0.1) is 0 Å². The van der Waals surface area contributed by atoms with Crippen LogP contribution in [-0.4, -0.2) is 23.8 Å². The van der Waals surface area contributed by atoms with Crippen LogP contribution in [0.3, 0.4) is 0 Å². The summed E-state index contributed by atoms with van der Waals surface area (Å²) in [7, 11) is 0. The zero-order chi connectivity index (χ0) is 12.0. The lowest BCUT2D eigenvalue weighted by molar-refractivity contribution is -0.144. The minimum absolute atomic E-state index is 0.0130. The Labute approximate surface area is 102 Å². The number of ether oxygens (including phenoxy) is 1. The van der Waals surface area contributed by atoms with Crippen molar-refractivity contribution in [3.63, 3.8) is 0 Å². The molecule has 17 heavy (non-hydrogen) atoms. The third-order valence-corrected chi connectivity index (χ3v) is 4.81. The number of fused-ring (bicyclic) bond motifs is 2. The van der Waals surface area contributed by atoms with Gasteiger partial charge in [-0.05, 0) is 44.1 Å². The highest BCUT2D eigenvalue weighted by atomic mass is 16.6. The summed E-state index contributed by atoms with van der Waals surface area (Å²) < 4.78 is 5.36. The molecule has 1 saturated heterocycles. The van der Waals surface area contributed by atoms with Crippen LogP contribution < -0.4 is 0 Å². The molecule has 1 heterocycles. The van der Waals surface area contributed by atoms with Gasteiger partial charge in [0, 0.05) is 5.92 Å². The van der Waals surface area contributed by atoms with Crippen LogP contribution in [0.2, 0.25) is 0 Å². The first-order valence-corrected chi connectivity index (χ1v) is 6.75. The Bertz CT molecular complexity index is 372. The second-order valence-electron chi connectivity index (χ2n) is 5.66. The van der Waals surface area contributed by atoms with Crippen LogP contribution in [0.1, 0.15) is 39.0 Å². The summed E-state index contributed by atoms with van der Waals surface area (Å²) in [5.74, 6) is 0.652. The van der Waals surface area contributed by atoms with Crippen LogP contribution in [0.15, 0.2) is 11.1 Å². The summed E-state index contributed by atoms with van der Waals surface area (Å²) in [4.78, 5) is 11.8. The number of carbonyl (C=O) groups excluding carboxylic acids is 1. The summed E-state index contributed by atoms with van der Waals surface area (Å²) in [6.07, 6.45) is 5.69. The Kier molecular flexibility index (Phi) is 2.74. The molecule has 3 rings (SSSR count). The lowest BCUT2D eigenvalue weighted by Gasteiger charge is -2.37. The molecule has 2 fully saturated rings. The van der Waals surface area contributed by atoms with Crippen molar-refractivity contribution >= 4 is 5.97 Å². The highest BCUT2D eigenvalue weighted by Gasteiger charge is 2.49. The predicted octanol–water partition coefficient (Wildman–Crippen LogP) is 2.05. The molecule has 2 aliphatic carbocycles. The summed E-state index contributed by atoms with van der Waals surface area (Å²) in [6, 6.07) is 0. The molecule has 1 aliphatic heterocycles. The topological polar surface area (TPSA) is 46.5 Å². The number of aliphatic hydroxyl groups is 1. The second-order valence-corrected chi connectivity index (χ2v) is 5.66. The van der Waals surface area contributed by atoms with E-state index >= 15 is 0 Å². The summed E-state index contributed by atoms with van der Waals surface area (Å²) in [5, 5.41) is 9.66. The molecule has 0 aromatic heterocycles. The van der Waals surface area contributed by atoms with E-state index in [1.807, 2.05) is 6.92 Å². The van der Waals surface area contributed by atoms with Gasteiger partial charge >= 0.3 is 5.97 Å². The molecule has 0 aromatic carbocycles. The van der Waals surface area contributed by atoms with Gasteiger partial charge in [-0.25, -0.2) is 0 Å². The molecule has 4 atom stereocenters. The van der Waals surface area contributed by atoms with Crippen LogP contribution >= 0.6 is 0 Å². The van der Waals surface area contributed by atoms with E-state index in [2.05, 4.69) is 0 Å². The van der Waals surface area contributed by atoms with Crippen LogP contribution in [0, 0.1) is 17.8 Å². The van der Waals surface area contributed by atoms with Crippen molar-refractivity contribution in [1.29, 1.82) is 0 Å². The molecule has 94 valence electrons. The molecular formula is C14H20O3. The minimum Gasteiger partial charge on any atom is -0.462 e. The van der Waals surface area contributed by atoms with Gasteiger partial charge in [-0.1, -0.05) is 12.0 Å². The minimum atomic E-state index is -0.0509. The van der Waals surface area contributed by atoms with Gasteiger partial charge in [-0.2, -0.15) is 0 Å². The number of aliphatic hydroxyl groups excluding tert-OH is 1. The first-order valence-electron chi connectivity index (χ1n) is 6.75. The zero-order valence-corrected chi connectivity index (χ0v) is 10.3. The number of esters is 1. The Hall–Kier alpha value is -0.830. The highest BCUT2D eigenvalue weighted by molar-refractivity contribution is 5.76. The van der Waals surface area contributed by atoms with Gasteiger partial charge in [0.1, 0.15) is 6.10 Å². The van der Waals surface area contributed by atoms with Crippen molar-refractivity contribution in [2.45, 2.75) is 45.1 Å². The first kappa shape index (κ1) is 11.3. The highest BCUT2D eigenvalue weighted by Crippen LogP contribution is 2.49. The van der Waals surface area contributed by atoms with E-state index in [-0.39, 0.29) is 30.5 Å². The number of cyclic esters (lactones) is 1. The van der Waals surface area contributed by atoms with Crippen LogP contribution in [0.4, 0.5) is 0 Å². The molecule has 0 radical (unpaired) electrons. The Morgan fingerprint density at radius 2 is 2.24 bits per heavy atom. The summed E-state index contributed by atoms with van der Waals surface area (Å²) in [6.45, 7) is 2.07. The predicted molar refractivity (Wildman–Crippen MR) is 63.2 cm³/mol. The second kappa shape index (κ2) is 4.13. The van der Waals surface area contributed by atoms with E-state index < -0.39 is 0 Å². The summed E-state index contributed by atoms with van der Waals surface area (Å²) >= 11 is 0. The number of hydrogen-bond donors (Lipinski definition) is 1. The quantitative estimate of drug-likeness (QED) is 0.560. The maximum atomic E-state index is 11.8. The molecule has 1 unspecified atom stereocenters. The van der Waals surface area contributed by atoms with Gasteiger partial charge in [0.05, 0.1) is 12.5 Å². The number of hydrogen-bond acceptors (Lipinski definition) is 3. The standard InChI is InChI=1S/C14H20O3/c1-8-13-11(14(16)17-8)6-9-4-2-3-5-10(9)12(13)7-15/h8-9,11,13,15H,2-7H2,1H3/t8-,9+,11?,13-/m1/s1. The molecule has 3 aliphatic rings. The maximum absolute atomic E-state index is 11.8. The van der Waals surface area contributed by atoms with Crippen molar-refractivity contribution in [2.75, 3.05) is 6.61 Å². The van der Waals surface area contributed by atoms with Crippen molar-refractivity contribution in [3.8, 4) is 0 Å². The fourth-order valence-corrected chi connectivity index (χ4v) is 4.08. The molecule has 0 amide bonds. The molecular weight excluding hydrogens is 216 g/mol. The van der Waals surface area contributed by atoms with Crippen molar-refractivity contribution < 1.29 is 14.6 Å². The smallest absolute Gasteiger partial charge is 0.309 e.